The smallest absolute Gasteiger partial charge is 0.270 e. The lowest BCUT2D eigenvalue weighted by Gasteiger charge is -2.17. The Labute approximate surface area is 151 Å². The molecule has 0 aromatic heterocycles. The summed E-state index contributed by atoms with van der Waals surface area (Å²) in [6.45, 7) is 5.48. The van der Waals surface area contributed by atoms with E-state index in [1.165, 1.54) is 18.2 Å². The van der Waals surface area contributed by atoms with E-state index in [0.29, 0.717) is 29.2 Å². The Balaban J connectivity index is 2.36. The van der Waals surface area contributed by atoms with Crippen molar-refractivity contribution in [2.24, 2.45) is 0 Å². The van der Waals surface area contributed by atoms with E-state index >= 15 is 0 Å². The van der Waals surface area contributed by atoms with E-state index in [1.807, 2.05) is 0 Å². The van der Waals surface area contributed by atoms with Gasteiger partial charge in [-0.2, -0.15) is 0 Å². The van der Waals surface area contributed by atoms with Crippen LogP contribution in [0.25, 0.3) is 11.1 Å². The molecule has 1 N–H and O–H groups in total. The molecule has 0 aliphatic carbocycles. The van der Waals surface area contributed by atoms with Crippen molar-refractivity contribution < 1.29 is 19.2 Å². The Morgan fingerprint density at radius 2 is 2.00 bits per heavy atom. The van der Waals surface area contributed by atoms with Crippen molar-refractivity contribution in [2.75, 3.05) is 13.7 Å². The number of carbonyl (C=O) groups is 1. The molecule has 136 valence electrons. The Bertz CT molecular complexity index is 802. The van der Waals surface area contributed by atoms with Crippen molar-refractivity contribution in [3.63, 3.8) is 0 Å². The Morgan fingerprint density at radius 3 is 2.58 bits per heavy atom. The predicted octanol–water partition coefficient (Wildman–Crippen LogP) is 3.34. The van der Waals surface area contributed by atoms with Gasteiger partial charge < -0.3 is 14.8 Å². The molecular formula is C19H20N2O5. The van der Waals surface area contributed by atoms with Gasteiger partial charge in [0.1, 0.15) is 11.5 Å². The van der Waals surface area contributed by atoms with Gasteiger partial charge in [-0.1, -0.05) is 18.2 Å². The Morgan fingerprint density at radius 1 is 1.31 bits per heavy atom. The van der Waals surface area contributed by atoms with Gasteiger partial charge in [-0.25, -0.2) is 0 Å². The number of nitrogens with one attached hydrogen (secondary N) is 1. The zero-order valence-corrected chi connectivity index (χ0v) is 14.6. The van der Waals surface area contributed by atoms with Crippen LogP contribution < -0.4 is 14.8 Å². The van der Waals surface area contributed by atoms with Crippen molar-refractivity contribution >= 4 is 11.6 Å². The zero-order valence-electron chi connectivity index (χ0n) is 14.6. The Kier molecular flexibility index (Phi) is 6.32. The van der Waals surface area contributed by atoms with E-state index in [0.717, 1.165) is 0 Å². The number of ether oxygens (including phenoxy) is 2. The fourth-order valence-corrected chi connectivity index (χ4v) is 2.29. The number of methoxy groups -OCH3 is 1. The summed E-state index contributed by atoms with van der Waals surface area (Å²) in [6.07, 6.45) is 0.799. The predicted molar refractivity (Wildman–Crippen MR) is 98.4 cm³/mol. The quantitative estimate of drug-likeness (QED) is 0.445. The maximum atomic E-state index is 12.0. The average molecular weight is 356 g/mol. The maximum absolute atomic E-state index is 12.0. The lowest BCUT2D eigenvalue weighted by molar-refractivity contribution is -0.384. The van der Waals surface area contributed by atoms with E-state index < -0.39 is 11.0 Å². The van der Waals surface area contributed by atoms with E-state index in [4.69, 9.17) is 9.47 Å². The lowest BCUT2D eigenvalue weighted by atomic mass is 10.0. The summed E-state index contributed by atoms with van der Waals surface area (Å²) in [5, 5.41) is 13.8. The summed E-state index contributed by atoms with van der Waals surface area (Å²) in [5.41, 5.74) is 1.17. The molecule has 0 spiro atoms. The number of amides is 1. The molecule has 0 saturated carbocycles. The lowest BCUT2D eigenvalue weighted by Crippen LogP contribution is -2.36. The zero-order chi connectivity index (χ0) is 19.1. The second kappa shape index (κ2) is 8.66. The molecule has 2 aromatic carbocycles. The SMILES string of the molecule is C=CCNC(=O)[C@H](C)Oc1ccc([N+](=O)[O-])cc1-c1ccc(OC)cc1. The highest BCUT2D eigenvalue weighted by Gasteiger charge is 2.19. The molecule has 7 nitrogen and oxygen atoms in total. The third kappa shape index (κ3) is 4.60. The number of non-ortho nitro benzene ring substituents is 1. The highest BCUT2D eigenvalue weighted by Crippen LogP contribution is 2.34. The second-order valence-corrected chi connectivity index (χ2v) is 5.46. The van der Waals surface area contributed by atoms with Crippen molar-refractivity contribution in [1.29, 1.82) is 0 Å². The third-order valence-corrected chi connectivity index (χ3v) is 3.67. The maximum Gasteiger partial charge on any atom is 0.270 e. The highest BCUT2D eigenvalue weighted by atomic mass is 16.6. The van der Waals surface area contributed by atoms with Crippen LogP contribution in [0.1, 0.15) is 6.92 Å². The van der Waals surface area contributed by atoms with Gasteiger partial charge in [0.05, 0.1) is 12.0 Å². The van der Waals surface area contributed by atoms with Crippen LogP contribution in [0.4, 0.5) is 5.69 Å². The van der Waals surface area contributed by atoms with Gasteiger partial charge in [0, 0.05) is 24.2 Å². The summed E-state index contributed by atoms with van der Waals surface area (Å²) in [5.74, 6) is 0.741. The first-order valence-corrected chi connectivity index (χ1v) is 7.94. The number of benzene rings is 2. The van der Waals surface area contributed by atoms with E-state index in [2.05, 4.69) is 11.9 Å². The van der Waals surface area contributed by atoms with Gasteiger partial charge in [0.15, 0.2) is 6.10 Å². The van der Waals surface area contributed by atoms with Crippen molar-refractivity contribution in [3.05, 3.63) is 65.2 Å². The number of hydrogen-bond acceptors (Lipinski definition) is 5. The van der Waals surface area contributed by atoms with E-state index in [9.17, 15) is 14.9 Å². The topological polar surface area (TPSA) is 90.7 Å². The van der Waals surface area contributed by atoms with Crippen LogP contribution in [-0.4, -0.2) is 30.6 Å². The average Bonchev–Trinajstić information content (AvgIpc) is 2.66. The summed E-state index contributed by atoms with van der Waals surface area (Å²) in [4.78, 5) is 22.6. The summed E-state index contributed by atoms with van der Waals surface area (Å²) in [7, 11) is 1.56. The molecular weight excluding hydrogens is 336 g/mol. The van der Waals surface area contributed by atoms with Gasteiger partial charge in [0.2, 0.25) is 0 Å². The number of rotatable bonds is 8. The molecule has 0 fully saturated rings. The fourth-order valence-electron chi connectivity index (χ4n) is 2.29. The minimum Gasteiger partial charge on any atom is -0.497 e. The minimum absolute atomic E-state index is 0.0630. The first-order chi connectivity index (χ1) is 12.5. The van der Waals surface area contributed by atoms with Crippen LogP contribution in [0.2, 0.25) is 0 Å². The number of carbonyl (C=O) groups excluding carboxylic acids is 1. The first kappa shape index (κ1) is 19.0. The standard InChI is InChI=1S/C19H20N2O5/c1-4-11-20-19(22)13(2)26-18-10-7-15(21(23)24)12-17(18)14-5-8-16(25-3)9-6-14/h4-10,12-13H,1,11H2,2-3H3,(H,20,22)/t13-/m0/s1. The third-order valence-electron chi connectivity index (χ3n) is 3.67. The summed E-state index contributed by atoms with van der Waals surface area (Å²) >= 11 is 0. The van der Waals surface area contributed by atoms with Crippen LogP contribution >= 0.6 is 0 Å². The molecule has 26 heavy (non-hydrogen) atoms. The van der Waals surface area contributed by atoms with Crippen molar-refractivity contribution in [2.45, 2.75) is 13.0 Å². The molecule has 0 bridgehead atoms. The first-order valence-electron chi connectivity index (χ1n) is 7.94. The monoisotopic (exact) mass is 356 g/mol. The number of nitro benzene ring substituents is 1. The molecule has 7 heteroatoms. The molecule has 0 aliphatic heterocycles. The van der Waals surface area contributed by atoms with E-state index in [-0.39, 0.29) is 11.6 Å². The molecule has 0 unspecified atom stereocenters. The molecule has 1 amide bonds. The van der Waals surface area contributed by atoms with Crippen molar-refractivity contribution in [3.8, 4) is 22.6 Å². The van der Waals surface area contributed by atoms with Gasteiger partial charge in [0.25, 0.3) is 11.6 Å². The van der Waals surface area contributed by atoms with Gasteiger partial charge in [-0.3, -0.25) is 14.9 Å². The van der Waals surface area contributed by atoms with Crippen LogP contribution in [0.15, 0.2) is 55.1 Å². The summed E-state index contributed by atoms with van der Waals surface area (Å²) < 4.78 is 10.9. The molecule has 2 aromatic rings. The molecule has 0 heterocycles. The summed E-state index contributed by atoms with van der Waals surface area (Å²) in [6, 6.07) is 11.3. The normalized spacial score (nSPS) is 11.3. The van der Waals surface area contributed by atoms with Crippen molar-refractivity contribution in [1.82, 2.24) is 5.32 Å². The number of hydrogen-bond donors (Lipinski definition) is 1. The molecule has 1 atom stereocenters. The number of nitrogens with zero attached hydrogens (tertiary/aromatic N) is 1. The van der Waals surface area contributed by atoms with Crippen LogP contribution in [-0.2, 0) is 4.79 Å². The van der Waals surface area contributed by atoms with Gasteiger partial charge >= 0.3 is 0 Å². The molecule has 0 aliphatic rings. The highest BCUT2D eigenvalue weighted by molar-refractivity contribution is 5.81. The van der Waals surface area contributed by atoms with Crippen LogP contribution in [0.3, 0.4) is 0 Å². The number of nitro groups is 1. The van der Waals surface area contributed by atoms with Gasteiger partial charge in [-0.15, -0.1) is 6.58 Å². The minimum atomic E-state index is -0.770. The largest absolute Gasteiger partial charge is 0.497 e. The fraction of sp³-hybridized carbons (Fsp3) is 0.211. The van der Waals surface area contributed by atoms with E-state index in [1.54, 1.807) is 44.4 Å². The second-order valence-electron chi connectivity index (χ2n) is 5.46. The van der Waals surface area contributed by atoms with Crippen LogP contribution in [0, 0.1) is 10.1 Å². The Hall–Kier alpha value is -3.35. The van der Waals surface area contributed by atoms with Gasteiger partial charge in [-0.05, 0) is 30.7 Å². The molecule has 0 radical (unpaired) electrons. The molecule has 0 saturated heterocycles. The molecule has 2 rings (SSSR count). The van der Waals surface area contributed by atoms with Crippen LogP contribution in [0.5, 0.6) is 11.5 Å².